The quantitative estimate of drug-likeness (QED) is 0.674. The van der Waals surface area contributed by atoms with E-state index >= 15 is 0 Å². The van der Waals surface area contributed by atoms with Crippen LogP contribution in [0.4, 0.5) is 0 Å². The van der Waals surface area contributed by atoms with Crippen LogP contribution in [0.15, 0.2) is 54.6 Å². The maximum absolute atomic E-state index is 12.7. The molecule has 1 fully saturated rings. The number of benzene rings is 2. The molecule has 0 atom stereocenters. The molecule has 1 aliphatic rings. The first-order valence-electron chi connectivity index (χ1n) is 10.3. The minimum atomic E-state index is -3.35. The number of aryl methyl sites for hydroxylation is 2. The molecule has 0 saturated carbocycles. The minimum Gasteiger partial charge on any atom is -0.356 e. The van der Waals surface area contributed by atoms with E-state index in [-0.39, 0.29) is 17.6 Å². The third-order valence-corrected chi connectivity index (χ3v) is 7.32. The van der Waals surface area contributed by atoms with E-state index in [0.717, 1.165) is 24.0 Å². The summed E-state index contributed by atoms with van der Waals surface area (Å²) >= 11 is 0. The average molecular weight is 415 g/mol. The van der Waals surface area contributed by atoms with Crippen LogP contribution in [-0.4, -0.2) is 38.3 Å². The van der Waals surface area contributed by atoms with Crippen LogP contribution in [0.2, 0.25) is 0 Å². The molecule has 0 bridgehead atoms. The predicted octanol–water partition coefficient (Wildman–Crippen LogP) is 3.29. The van der Waals surface area contributed by atoms with Gasteiger partial charge in [-0.05, 0) is 43.7 Å². The van der Waals surface area contributed by atoms with Crippen LogP contribution in [0.3, 0.4) is 0 Å². The maximum Gasteiger partial charge on any atom is 0.223 e. The molecule has 0 radical (unpaired) electrons. The average Bonchev–Trinajstić information content (AvgIpc) is 2.73. The predicted molar refractivity (Wildman–Crippen MR) is 116 cm³/mol. The molecule has 2 aromatic rings. The highest BCUT2D eigenvalue weighted by molar-refractivity contribution is 7.88. The Labute approximate surface area is 174 Å². The summed E-state index contributed by atoms with van der Waals surface area (Å²) in [4.78, 5) is 12.4. The molecular weight excluding hydrogens is 384 g/mol. The van der Waals surface area contributed by atoms with Crippen molar-refractivity contribution < 1.29 is 13.2 Å². The van der Waals surface area contributed by atoms with Crippen molar-refractivity contribution in [2.24, 2.45) is 5.92 Å². The van der Waals surface area contributed by atoms with E-state index in [9.17, 15) is 13.2 Å². The smallest absolute Gasteiger partial charge is 0.223 e. The van der Waals surface area contributed by atoms with Crippen molar-refractivity contribution in [1.29, 1.82) is 0 Å². The number of amides is 1. The number of carbonyl (C=O) groups is 1. The molecule has 0 spiro atoms. The molecule has 1 heterocycles. The molecule has 1 saturated heterocycles. The molecule has 3 rings (SSSR count). The zero-order valence-electron chi connectivity index (χ0n) is 17.0. The van der Waals surface area contributed by atoms with E-state index in [4.69, 9.17) is 0 Å². The van der Waals surface area contributed by atoms with Crippen LogP contribution in [0.25, 0.3) is 0 Å². The Morgan fingerprint density at radius 3 is 2.31 bits per heavy atom. The molecule has 1 amide bonds. The van der Waals surface area contributed by atoms with Crippen molar-refractivity contribution in [2.45, 2.75) is 38.4 Å². The number of carbonyl (C=O) groups excluding carboxylic acids is 1. The van der Waals surface area contributed by atoms with Crippen LogP contribution in [0.1, 0.15) is 36.0 Å². The zero-order valence-corrected chi connectivity index (χ0v) is 17.8. The van der Waals surface area contributed by atoms with E-state index in [1.54, 1.807) is 0 Å². The lowest BCUT2D eigenvalue weighted by Gasteiger charge is -2.30. The van der Waals surface area contributed by atoms with Crippen molar-refractivity contribution in [2.75, 3.05) is 19.6 Å². The summed E-state index contributed by atoms with van der Waals surface area (Å²) in [5, 5.41) is 3.01. The lowest BCUT2D eigenvalue weighted by atomic mass is 9.97. The standard InChI is InChI=1S/C23H30N2O3S/c1-19-9-11-21(12-10-19)18-29(27,28)25-16-13-22(14-17-25)23(26)24-15-5-8-20-6-3-2-4-7-20/h2-4,6-7,9-12,22H,5,8,13-18H2,1H3,(H,24,26). The lowest BCUT2D eigenvalue weighted by Crippen LogP contribution is -2.43. The zero-order chi connectivity index (χ0) is 20.7. The Balaban J connectivity index is 1.40. The van der Waals surface area contributed by atoms with E-state index < -0.39 is 10.0 Å². The van der Waals surface area contributed by atoms with E-state index in [1.807, 2.05) is 49.4 Å². The summed E-state index contributed by atoms with van der Waals surface area (Å²) < 4.78 is 26.9. The third-order valence-electron chi connectivity index (χ3n) is 5.47. The van der Waals surface area contributed by atoms with Gasteiger partial charge >= 0.3 is 0 Å². The summed E-state index contributed by atoms with van der Waals surface area (Å²) in [6.45, 7) is 3.46. The van der Waals surface area contributed by atoms with Crippen molar-refractivity contribution in [3.63, 3.8) is 0 Å². The van der Waals surface area contributed by atoms with Gasteiger partial charge in [0.1, 0.15) is 0 Å². The van der Waals surface area contributed by atoms with Crippen molar-refractivity contribution in [3.05, 3.63) is 71.3 Å². The highest BCUT2D eigenvalue weighted by Gasteiger charge is 2.30. The summed E-state index contributed by atoms with van der Waals surface area (Å²) in [5.74, 6) is -0.0323. The monoisotopic (exact) mass is 414 g/mol. The van der Waals surface area contributed by atoms with Crippen LogP contribution < -0.4 is 5.32 Å². The van der Waals surface area contributed by atoms with Crippen LogP contribution in [0.5, 0.6) is 0 Å². The number of hydrogen-bond acceptors (Lipinski definition) is 3. The van der Waals surface area contributed by atoms with Crippen LogP contribution >= 0.6 is 0 Å². The first-order chi connectivity index (χ1) is 13.9. The maximum atomic E-state index is 12.7. The second kappa shape index (κ2) is 10.0. The molecule has 5 nitrogen and oxygen atoms in total. The van der Waals surface area contributed by atoms with Gasteiger partial charge in [-0.3, -0.25) is 4.79 Å². The molecule has 0 aromatic heterocycles. The normalized spacial score (nSPS) is 15.9. The fraction of sp³-hybridized carbons (Fsp3) is 0.435. The summed E-state index contributed by atoms with van der Waals surface area (Å²) in [6.07, 6.45) is 3.01. The van der Waals surface area contributed by atoms with E-state index in [1.165, 1.54) is 9.87 Å². The summed E-state index contributed by atoms with van der Waals surface area (Å²) in [7, 11) is -3.35. The Hall–Kier alpha value is -2.18. The van der Waals surface area contributed by atoms with E-state index in [2.05, 4.69) is 17.4 Å². The Bertz CT molecular complexity index is 887. The van der Waals surface area contributed by atoms with Gasteiger partial charge in [-0.25, -0.2) is 12.7 Å². The number of hydrogen-bond donors (Lipinski definition) is 1. The fourth-order valence-corrected chi connectivity index (χ4v) is 5.24. The second-order valence-electron chi connectivity index (χ2n) is 7.80. The van der Waals surface area contributed by atoms with Gasteiger partial charge in [0, 0.05) is 25.6 Å². The molecule has 1 N–H and O–H groups in total. The first kappa shape index (κ1) is 21.5. The Morgan fingerprint density at radius 2 is 1.66 bits per heavy atom. The Morgan fingerprint density at radius 1 is 1.00 bits per heavy atom. The van der Waals surface area contributed by atoms with Gasteiger partial charge in [-0.2, -0.15) is 0 Å². The molecule has 29 heavy (non-hydrogen) atoms. The van der Waals surface area contributed by atoms with Gasteiger partial charge in [0.15, 0.2) is 0 Å². The Kier molecular flexibility index (Phi) is 7.45. The number of nitrogens with one attached hydrogen (secondary N) is 1. The lowest BCUT2D eigenvalue weighted by molar-refractivity contribution is -0.126. The first-order valence-corrected chi connectivity index (χ1v) is 11.9. The molecule has 156 valence electrons. The number of rotatable bonds is 8. The largest absolute Gasteiger partial charge is 0.356 e. The van der Waals surface area contributed by atoms with Gasteiger partial charge in [0.2, 0.25) is 15.9 Å². The summed E-state index contributed by atoms with van der Waals surface area (Å²) in [6, 6.07) is 17.8. The summed E-state index contributed by atoms with van der Waals surface area (Å²) in [5.41, 5.74) is 3.18. The topological polar surface area (TPSA) is 66.5 Å². The molecule has 0 aliphatic carbocycles. The SMILES string of the molecule is Cc1ccc(CS(=O)(=O)N2CCC(C(=O)NCCCc3ccccc3)CC2)cc1. The molecule has 6 heteroatoms. The molecule has 1 aliphatic heterocycles. The molecule has 0 unspecified atom stereocenters. The second-order valence-corrected chi connectivity index (χ2v) is 9.76. The highest BCUT2D eigenvalue weighted by atomic mass is 32.2. The van der Waals surface area contributed by atoms with Gasteiger partial charge < -0.3 is 5.32 Å². The van der Waals surface area contributed by atoms with Gasteiger partial charge in [-0.1, -0.05) is 60.2 Å². The van der Waals surface area contributed by atoms with Gasteiger partial charge in [0.05, 0.1) is 5.75 Å². The number of nitrogens with zero attached hydrogens (tertiary/aromatic N) is 1. The third kappa shape index (κ3) is 6.41. The highest BCUT2D eigenvalue weighted by Crippen LogP contribution is 2.22. The van der Waals surface area contributed by atoms with Crippen LogP contribution in [-0.2, 0) is 27.0 Å². The molecular formula is C23H30N2O3S. The van der Waals surface area contributed by atoms with Crippen LogP contribution in [0, 0.1) is 12.8 Å². The number of piperidine rings is 1. The minimum absolute atomic E-state index is 0.0175. The van der Waals surface area contributed by atoms with Crippen molar-refractivity contribution in [3.8, 4) is 0 Å². The number of sulfonamides is 1. The van der Waals surface area contributed by atoms with E-state index in [0.29, 0.717) is 32.5 Å². The van der Waals surface area contributed by atoms with Gasteiger partial charge in [0.25, 0.3) is 0 Å². The molecule has 2 aromatic carbocycles. The van der Waals surface area contributed by atoms with Gasteiger partial charge in [-0.15, -0.1) is 0 Å². The van der Waals surface area contributed by atoms with Crippen molar-refractivity contribution >= 4 is 15.9 Å². The van der Waals surface area contributed by atoms with Crippen molar-refractivity contribution in [1.82, 2.24) is 9.62 Å². The fourth-order valence-electron chi connectivity index (χ4n) is 3.68.